The number of aromatic nitrogens is 3. The molecular formula is C19H22ClN5O2. The van der Waals surface area contributed by atoms with E-state index in [0.717, 1.165) is 44.6 Å². The molecule has 1 aliphatic heterocycles. The van der Waals surface area contributed by atoms with Crippen molar-refractivity contribution in [2.75, 3.05) is 18.0 Å². The van der Waals surface area contributed by atoms with Gasteiger partial charge in [-0.1, -0.05) is 11.6 Å². The average Bonchev–Trinajstić information content (AvgIpc) is 3.45. The number of hydrogen-bond acceptors (Lipinski definition) is 5. The fourth-order valence-electron chi connectivity index (χ4n) is 3.90. The fourth-order valence-corrected chi connectivity index (χ4v) is 4.05. The molecule has 7 nitrogen and oxygen atoms in total. The van der Waals surface area contributed by atoms with Crippen LogP contribution in [0.3, 0.4) is 0 Å². The number of aryl methyl sites for hydroxylation is 1. The average molecular weight is 388 g/mol. The molecule has 1 saturated heterocycles. The summed E-state index contributed by atoms with van der Waals surface area (Å²) in [5.74, 6) is 1.07. The Morgan fingerprint density at radius 3 is 2.67 bits per heavy atom. The number of carbonyl (C=O) groups is 1. The number of amides is 1. The molecule has 1 saturated carbocycles. The van der Waals surface area contributed by atoms with E-state index in [0.29, 0.717) is 16.6 Å². The molecule has 0 atom stereocenters. The minimum absolute atomic E-state index is 0.135. The molecule has 1 N–H and O–H groups in total. The molecule has 3 heterocycles. The molecular weight excluding hydrogens is 366 g/mol. The maximum atomic E-state index is 12.6. The van der Waals surface area contributed by atoms with Crippen LogP contribution in [0.15, 0.2) is 35.5 Å². The van der Waals surface area contributed by atoms with E-state index in [4.69, 9.17) is 11.6 Å². The molecule has 2 aromatic heterocycles. The van der Waals surface area contributed by atoms with Gasteiger partial charge in [0.05, 0.1) is 12.4 Å². The number of piperidine rings is 1. The highest BCUT2D eigenvalue weighted by Gasteiger charge is 2.51. The smallest absolute Gasteiger partial charge is 0.251 e. The second kappa shape index (κ2) is 6.96. The Bertz CT molecular complexity index is 916. The van der Waals surface area contributed by atoms with Crippen molar-refractivity contribution in [1.29, 1.82) is 0 Å². The van der Waals surface area contributed by atoms with Crippen LogP contribution < -0.4 is 15.8 Å². The van der Waals surface area contributed by atoms with Crippen LogP contribution in [0, 0.1) is 5.92 Å². The van der Waals surface area contributed by atoms with Gasteiger partial charge in [0.1, 0.15) is 11.0 Å². The summed E-state index contributed by atoms with van der Waals surface area (Å²) in [6, 6.07) is 3.08. The lowest BCUT2D eigenvalue weighted by atomic mass is 9.87. The number of nitrogens with one attached hydrogen (secondary N) is 1. The molecule has 1 amide bonds. The Kier molecular flexibility index (Phi) is 4.63. The summed E-state index contributed by atoms with van der Waals surface area (Å²) in [6.45, 7) is 1.73. The zero-order chi connectivity index (χ0) is 19.0. The van der Waals surface area contributed by atoms with Crippen LogP contribution in [0.2, 0.25) is 5.15 Å². The first-order valence-corrected chi connectivity index (χ1v) is 9.56. The van der Waals surface area contributed by atoms with E-state index in [-0.39, 0.29) is 17.0 Å². The second-order valence-electron chi connectivity index (χ2n) is 7.44. The van der Waals surface area contributed by atoms with Crippen molar-refractivity contribution >= 4 is 23.3 Å². The normalized spacial score (nSPS) is 19.0. The highest BCUT2D eigenvalue weighted by atomic mass is 35.5. The minimum atomic E-state index is -0.177. The van der Waals surface area contributed by atoms with E-state index in [9.17, 15) is 9.59 Å². The lowest BCUT2D eigenvalue weighted by molar-refractivity contribution is 0.0906. The molecule has 8 heteroatoms. The van der Waals surface area contributed by atoms with Gasteiger partial charge in [0.15, 0.2) is 0 Å². The summed E-state index contributed by atoms with van der Waals surface area (Å²) in [6.07, 6.45) is 8.83. The van der Waals surface area contributed by atoms with Crippen LogP contribution in [-0.2, 0) is 7.05 Å². The predicted octanol–water partition coefficient (Wildman–Crippen LogP) is 2.01. The van der Waals surface area contributed by atoms with E-state index < -0.39 is 0 Å². The number of carbonyl (C=O) groups excluding carboxylic acids is 1. The number of pyridine rings is 1. The highest BCUT2D eigenvalue weighted by Crippen LogP contribution is 2.47. The lowest BCUT2D eigenvalue weighted by Crippen LogP contribution is -2.47. The van der Waals surface area contributed by atoms with Gasteiger partial charge in [-0.15, -0.1) is 0 Å². The van der Waals surface area contributed by atoms with E-state index in [1.54, 1.807) is 25.5 Å². The number of halogens is 1. The summed E-state index contributed by atoms with van der Waals surface area (Å²) >= 11 is 5.94. The summed E-state index contributed by atoms with van der Waals surface area (Å²) in [7, 11) is 1.67. The van der Waals surface area contributed by atoms with Gasteiger partial charge in [-0.3, -0.25) is 14.6 Å². The lowest BCUT2D eigenvalue weighted by Gasteiger charge is -2.37. The van der Waals surface area contributed by atoms with Crippen molar-refractivity contribution in [1.82, 2.24) is 19.9 Å². The summed E-state index contributed by atoms with van der Waals surface area (Å²) in [4.78, 5) is 35.0. The van der Waals surface area contributed by atoms with Crippen molar-refractivity contribution in [2.45, 2.75) is 31.2 Å². The third-order valence-corrected chi connectivity index (χ3v) is 5.89. The van der Waals surface area contributed by atoms with Gasteiger partial charge in [0, 0.05) is 43.5 Å². The Morgan fingerprint density at radius 2 is 2.04 bits per heavy atom. The van der Waals surface area contributed by atoms with E-state index in [2.05, 4.69) is 20.2 Å². The quantitative estimate of drug-likeness (QED) is 0.868. The zero-order valence-electron chi connectivity index (χ0n) is 15.2. The van der Waals surface area contributed by atoms with Crippen molar-refractivity contribution in [3.05, 3.63) is 51.8 Å². The standard InChI is InChI=1S/C19H22ClN5O2/c1-24-7-2-13(10-17(24)26)18(27)23-19(5-6-19)14-3-8-25(9-4-14)16-12-21-11-15(20)22-16/h2,7,10-12,14H,3-6,8-9H2,1H3,(H,23,27). The molecule has 0 unspecified atom stereocenters. The third-order valence-electron chi connectivity index (χ3n) is 5.71. The van der Waals surface area contributed by atoms with Crippen LogP contribution in [0.1, 0.15) is 36.0 Å². The highest BCUT2D eigenvalue weighted by molar-refractivity contribution is 6.29. The van der Waals surface area contributed by atoms with Crippen molar-refractivity contribution < 1.29 is 4.79 Å². The van der Waals surface area contributed by atoms with E-state index in [1.807, 2.05) is 0 Å². The van der Waals surface area contributed by atoms with Gasteiger partial charge in [-0.25, -0.2) is 4.98 Å². The van der Waals surface area contributed by atoms with Crippen molar-refractivity contribution in [3.63, 3.8) is 0 Å². The number of hydrogen-bond donors (Lipinski definition) is 1. The van der Waals surface area contributed by atoms with Crippen LogP contribution in [-0.4, -0.2) is 39.1 Å². The molecule has 0 aromatic carbocycles. The number of anilines is 1. The number of nitrogens with zero attached hydrogens (tertiary/aromatic N) is 4. The first-order valence-electron chi connectivity index (χ1n) is 9.18. The maximum Gasteiger partial charge on any atom is 0.251 e. The van der Waals surface area contributed by atoms with Gasteiger partial charge in [0.2, 0.25) is 0 Å². The molecule has 0 bridgehead atoms. The molecule has 0 radical (unpaired) electrons. The Labute approximate surface area is 162 Å². The van der Waals surface area contributed by atoms with Crippen LogP contribution in [0.25, 0.3) is 0 Å². The molecule has 4 rings (SSSR count). The SMILES string of the molecule is Cn1ccc(C(=O)NC2(C3CCN(c4cncc(Cl)n4)CC3)CC2)cc1=O. The van der Waals surface area contributed by atoms with Gasteiger partial charge >= 0.3 is 0 Å². The molecule has 1 aliphatic carbocycles. The largest absolute Gasteiger partial charge is 0.355 e. The van der Waals surface area contributed by atoms with Crippen molar-refractivity contribution in [3.8, 4) is 0 Å². The fraction of sp³-hybridized carbons (Fsp3) is 0.474. The molecule has 142 valence electrons. The minimum Gasteiger partial charge on any atom is -0.355 e. The Balaban J connectivity index is 1.40. The Hall–Kier alpha value is -2.41. The molecule has 0 spiro atoms. The predicted molar refractivity (Wildman–Crippen MR) is 103 cm³/mol. The van der Waals surface area contributed by atoms with E-state index in [1.165, 1.54) is 16.8 Å². The summed E-state index contributed by atoms with van der Waals surface area (Å²) in [5, 5.41) is 3.61. The molecule has 27 heavy (non-hydrogen) atoms. The third kappa shape index (κ3) is 3.69. The second-order valence-corrected chi connectivity index (χ2v) is 7.82. The van der Waals surface area contributed by atoms with Gasteiger partial charge < -0.3 is 14.8 Å². The molecule has 2 aromatic rings. The summed E-state index contributed by atoms with van der Waals surface area (Å²) in [5.41, 5.74) is 0.115. The van der Waals surface area contributed by atoms with Crippen molar-refractivity contribution in [2.24, 2.45) is 13.0 Å². The zero-order valence-corrected chi connectivity index (χ0v) is 15.9. The van der Waals surface area contributed by atoms with Gasteiger partial charge in [-0.05, 0) is 37.7 Å². The summed E-state index contributed by atoms with van der Waals surface area (Å²) < 4.78 is 1.46. The Morgan fingerprint density at radius 1 is 1.30 bits per heavy atom. The topological polar surface area (TPSA) is 80.1 Å². The number of rotatable bonds is 4. The maximum absolute atomic E-state index is 12.6. The monoisotopic (exact) mass is 387 g/mol. The van der Waals surface area contributed by atoms with Crippen LogP contribution in [0.4, 0.5) is 5.82 Å². The van der Waals surface area contributed by atoms with E-state index >= 15 is 0 Å². The van der Waals surface area contributed by atoms with Gasteiger partial charge in [-0.2, -0.15) is 0 Å². The van der Waals surface area contributed by atoms with Crippen LogP contribution >= 0.6 is 11.6 Å². The van der Waals surface area contributed by atoms with Crippen LogP contribution in [0.5, 0.6) is 0 Å². The van der Waals surface area contributed by atoms with Gasteiger partial charge in [0.25, 0.3) is 11.5 Å². The first-order chi connectivity index (χ1) is 13.0. The molecule has 2 fully saturated rings. The molecule has 2 aliphatic rings. The first kappa shape index (κ1) is 18.0.